The molecule has 0 aliphatic carbocycles. The summed E-state index contributed by atoms with van der Waals surface area (Å²) in [5.41, 5.74) is 3.48. The zero-order valence-electron chi connectivity index (χ0n) is 11.3. The fourth-order valence-corrected chi connectivity index (χ4v) is 2.49. The molecule has 4 nitrogen and oxygen atoms in total. The van der Waals surface area contributed by atoms with Crippen molar-refractivity contribution < 1.29 is 9.47 Å². The number of aryl methyl sites for hydroxylation is 1. The Hall–Kier alpha value is -1.90. The van der Waals surface area contributed by atoms with E-state index in [1.807, 2.05) is 24.6 Å². The maximum absolute atomic E-state index is 8.92. The lowest BCUT2D eigenvalue weighted by Gasteiger charge is -2.08. The van der Waals surface area contributed by atoms with E-state index >= 15 is 0 Å². The molecule has 0 bridgehead atoms. The third kappa shape index (κ3) is 4.05. The van der Waals surface area contributed by atoms with Crippen molar-refractivity contribution in [1.82, 2.24) is 4.98 Å². The quantitative estimate of drug-likeness (QED) is 0.735. The van der Waals surface area contributed by atoms with Crippen LogP contribution in [-0.2, 0) is 11.2 Å². The highest BCUT2D eigenvalue weighted by atomic mass is 32.1. The van der Waals surface area contributed by atoms with Crippen LogP contribution in [0.2, 0.25) is 0 Å². The monoisotopic (exact) mass is 288 g/mol. The van der Waals surface area contributed by atoms with Gasteiger partial charge in [-0.1, -0.05) is 12.1 Å². The third-order valence-electron chi connectivity index (χ3n) is 2.81. The smallest absolute Gasteiger partial charge is 0.137 e. The fourth-order valence-electron chi connectivity index (χ4n) is 1.73. The largest absolute Gasteiger partial charge is 0.490 e. The Morgan fingerprint density at radius 2 is 2.10 bits per heavy atom. The zero-order chi connectivity index (χ0) is 14.2. The number of hydrogen-bond donors (Lipinski definition) is 0. The van der Waals surface area contributed by atoms with Crippen LogP contribution in [0.3, 0.4) is 0 Å². The molecule has 1 heterocycles. The lowest BCUT2D eigenvalue weighted by Crippen LogP contribution is -2.09. The normalized spacial score (nSPS) is 10.2. The summed E-state index contributed by atoms with van der Waals surface area (Å²) >= 11 is 1.66. The first-order valence-corrected chi connectivity index (χ1v) is 7.28. The predicted octanol–water partition coefficient (Wildman–Crippen LogP) is 2.96. The summed E-state index contributed by atoms with van der Waals surface area (Å²) in [4.78, 5) is 5.46. The van der Waals surface area contributed by atoms with Crippen LogP contribution in [0.25, 0.3) is 0 Å². The van der Waals surface area contributed by atoms with Crippen molar-refractivity contribution >= 4 is 11.3 Å². The van der Waals surface area contributed by atoms with Crippen molar-refractivity contribution in [3.8, 4) is 11.8 Å². The van der Waals surface area contributed by atoms with E-state index in [2.05, 4.69) is 11.1 Å². The van der Waals surface area contributed by atoms with Gasteiger partial charge in [-0.2, -0.15) is 5.26 Å². The molecule has 0 aliphatic heterocycles. The Balaban J connectivity index is 1.65. The van der Waals surface area contributed by atoms with Crippen LogP contribution >= 0.6 is 11.3 Å². The van der Waals surface area contributed by atoms with Gasteiger partial charge in [0.1, 0.15) is 18.4 Å². The first kappa shape index (κ1) is 14.5. The first-order chi connectivity index (χ1) is 9.81. The van der Waals surface area contributed by atoms with E-state index in [-0.39, 0.29) is 0 Å². The van der Waals surface area contributed by atoms with Crippen molar-refractivity contribution in [2.24, 2.45) is 0 Å². The average Bonchev–Trinajstić information content (AvgIpc) is 2.88. The van der Waals surface area contributed by atoms with E-state index in [9.17, 15) is 0 Å². The summed E-state index contributed by atoms with van der Waals surface area (Å²) in [7, 11) is 0. The molecule has 0 unspecified atom stereocenters. The van der Waals surface area contributed by atoms with Gasteiger partial charge in [-0.3, -0.25) is 0 Å². The Labute approximate surface area is 122 Å². The number of nitrogens with zero attached hydrogens (tertiary/aromatic N) is 2. The Bertz CT molecular complexity index is 590. The van der Waals surface area contributed by atoms with Crippen LogP contribution in [0, 0.1) is 18.3 Å². The van der Waals surface area contributed by atoms with Crippen LogP contribution in [0.15, 0.2) is 29.8 Å². The molecule has 0 saturated carbocycles. The Morgan fingerprint density at radius 3 is 2.85 bits per heavy atom. The summed E-state index contributed by atoms with van der Waals surface area (Å²) in [6.45, 7) is 3.62. The van der Waals surface area contributed by atoms with Gasteiger partial charge in [0.05, 0.1) is 30.0 Å². The van der Waals surface area contributed by atoms with Crippen molar-refractivity contribution in [3.05, 3.63) is 45.9 Å². The third-order valence-corrected chi connectivity index (χ3v) is 3.81. The maximum atomic E-state index is 8.92. The molecule has 1 aromatic heterocycles. The highest BCUT2D eigenvalue weighted by Crippen LogP contribution is 2.16. The summed E-state index contributed by atoms with van der Waals surface area (Å²) in [6, 6.07) is 9.30. The van der Waals surface area contributed by atoms with E-state index in [0.717, 1.165) is 12.1 Å². The molecule has 104 valence electrons. The van der Waals surface area contributed by atoms with Gasteiger partial charge in [0.25, 0.3) is 0 Å². The molecule has 5 heteroatoms. The molecular weight excluding hydrogens is 272 g/mol. The molecule has 2 aromatic rings. The van der Waals surface area contributed by atoms with Gasteiger partial charge >= 0.3 is 0 Å². The number of thiazole rings is 1. The lowest BCUT2D eigenvalue weighted by molar-refractivity contribution is 0.102. The second-order valence-corrected chi connectivity index (χ2v) is 5.12. The number of benzene rings is 1. The molecule has 20 heavy (non-hydrogen) atoms. The van der Waals surface area contributed by atoms with Gasteiger partial charge in [0.2, 0.25) is 0 Å². The number of nitriles is 1. The molecule has 0 atom stereocenters. The maximum Gasteiger partial charge on any atom is 0.137 e. The van der Waals surface area contributed by atoms with E-state index in [0.29, 0.717) is 31.1 Å². The zero-order valence-corrected chi connectivity index (χ0v) is 12.2. The molecule has 0 aliphatic rings. The van der Waals surface area contributed by atoms with Crippen molar-refractivity contribution in [2.75, 3.05) is 19.8 Å². The molecule has 0 saturated heterocycles. The SMILES string of the molecule is Cc1ncsc1CCOCCOc1ccccc1C#N. The van der Waals surface area contributed by atoms with Gasteiger partial charge in [0.15, 0.2) is 0 Å². The van der Waals surface area contributed by atoms with Crippen LogP contribution in [0.4, 0.5) is 0 Å². The number of hydrogen-bond acceptors (Lipinski definition) is 5. The van der Waals surface area contributed by atoms with Gasteiger partial charge in [-0.15, -0.1) is 11.3 Å². The number of para-hydroxylation sites is 1. The van der Waals surface area contributed by atoms with E-state index in [4.69, 9.17) is 14.7 Å². The summed E-state index contributed by atoms with van der Waals surface area (Å²) < 4.78 is 11.1. The predicted molar refractivity (Wildman–Crippen MR) is 78.0 cm³/mol. The summed E-state index contributed by atoms with van der Waals surface area (Å²) in [5.74, 6) is 0.608. The van der Waals surface area contributed by atoms with Crippen molar-refractivity contribution in [1.29, 1.82) is 5.26 Å². The van der Waals surface area contributed by atoms with E-state index in [1.54, 1.807) is 23.5 Å². The molecular formula is C15H16N2O2S. The van der Waals surface area contributed by atoms with Gasteiger partial charge in [-0.25, -0.2) is 4.98 Å². The molecule has 0 spiro atoms. The minimum atomic E-state index is 0.445. The first-order valence-electron chi connectivity index (χ1n) is 6.40. The Kier molecular flexibility index (Phi) is 5.54. The standard InChI is InChI=1S/C15H16N2O2S/c1-12-15(20-11-17-12)6-7-18-8-9-19-14-5-3-2-4-13(14)10-16/h2-5,11H,6-9H2,1H3. The number of aromatic nitrogens is 1. The van der Waals surface area contributed by atoms with Crippen LogP contribution in [0.5, 0.6) is 5.75 Å². The van der Waals surface area contributed by atoms with Gasteiger partial charge < -0.3 is 9.47 Å². The molecule has 0 fully saturated rings. The highest BCUT2D eigenvalue weighted by Gasteiger charge is 2.02. The molecule has 1 aromatic carbocycles. The average molecular weight is 288 g/mol. The molecule has 0 radical (unpaired) electrons. The summed E-state index contributed by atoms with van der Waals surface area (Å²) in [6.07, 6.45) is 0.880. The fraction of sp³-hybridized carbons (Fsp3) is 0.333. The molecule has 0 amide bonds. The summed E-state index contributed by atoms with van der Waals surface area (Å²) in [5, 5.41) is 8.92. The van der Waals surface area contributed by atoms with E-state index in [1.165, 1.54) is 4.88 Å². The van der Waals surface area contributed by atoms with Crippen molar-refractivity contribution in [2.45, 2.75) is 13.3 Å². The second kappa shape index (κ2) is 7.63. The number of ether oxygens (including phenoxy) is 2. The lowest BCUT2D eigenvalue weighted by atomic mass is 10.2. The van der Waals surface area contributed by atoms with Crippen LogP contribution < -0.4 is 4.74 Å². The number of rotatable bonds is 7. The Morgan fingerprint density at radius 1 is 1.25 bits per heavy atom. The topological polar surface area (TPSA) is 55.1 Å². The van der Waals surface area contributed by atoms with Gasteiger partial charge in [0, 0.05) is 11.3 Å². The van der Waals surface area contributed by atoms with Crippen LogP contribution in [0.1, 0.15) is 16.1 Å². The van der Waals surface area contributed by atoms with Crippen molar-refractivity contribution in [3.63, 3.8) is 0 Å². The van der Waals surface area contributed by atoms with Crippen LogP contribution in [-0.4, -0.2) is 24.8 Å². The molecule has 0 N–H and O–H groups in total. The molecule has 2 rings (SSSR count). The van der Waals surface area contributed by atoms with Gasteiger partial charge in [-0.05, 0) is 19.1 Å². The van der Waals surface area contributed by atoms with E-state index < -0.39 is 0 Å². The minimum absolute atomic E-state index is 0.445. The second-order valence-electron chi connectivity index (χ2n) is 4.18. The minimum Gasteiger partial charge on any atom is -0.490 e. The highest BCUT2D eigenvalue weighted by molar-refractivity contribution is 7.09.